The first-order chi connectivity index (χ1) is 13.8. The predicted octanol–water partition coefficient (Wildman–Crippen LogP) is 2.67. The van der Waals surface area contributed by atoms with Crippen molar-refractivity contribution in [2.24, 2.45) is 0 Å². The molecule has 0 radical (unpaired) electrons. The molecule has 0 saturated heterocycles. The highest BCUT2D eigenvalue weighted by molar-refractivity contribution is 6.04. The van der Waals surface area contributed by atoms with Gasteiger partial charge in [0.1, 0.15) is 0 Å². The lowest BCUT2D eigenvalue weighted by atomic mass is 10.1. The van der Waals surface area contributed by atoms with Crippen LogP contribution in [0.1, 0.15) is 24.2 Å². The number of fused-ring (bicyclic) bond motifs is 1. The molecule has 29 heavy (non-hydrogen) atoms. The summed E-state index contributed by atoms with van der Waals surface area (Å²) in [5.74, 6) is -1.56. The second-order valence-electron chi connectivity index (χ2n) is 6.39. The van der Waals surface area contributed by atoms with E-state index < -0.39 is 23.5 Å². The number of para-hydroxylation sites is 1. The molecule has 2 aromatic carbocycles. The molecule has 0 fully saturated rings. The Kier molecular flexibility index (Phi) is 5.73. The van der Waals surface area contributed by atoms with Gasteiger partial charge in [-0.2, -0.15) is 0 Å². The lowest BCUT2D eigenvalue weighted by Gasteiger charge is -2.15. The van der Waals surface area contributed by atoms with Gasteiger partial charge in [-0.1, -0.05) is 24.3 Å². The van der Waals surface area contributed by atoms with Crippen LogP contribution in [0, 0.1) is 0 Å². The van der Waals surface area contributed by atoms with E-state index in [1.54, 1.807) is 48.5 Å². The maximum Gasteiger partial charge on any atom is 0.339 e. The van der Waals surface area contributed by atoms with Gasteiger partial charge < -0.3 is 20.4 Å². The number of ether oxygens (including phenoxy) is 1. The van der Waals surface area contributed by atoms with Crippen molar-refractivity contribution in [1.82, 2.24) is 4.98 Å². The van der Waals surface area contributed by atoms with Crippen molar-refractivity contribution in [3.8, 4) is 0 Å². The molecule has 0 bridgehead atoms. The smallest absolute Gasteiger partial charge is 0.339 e. The van der Waals surface area contributed by atoms with Crippen molar-refractivity contribution < 1.29 is 19.1 Å². The molecule has 8 heteroatoms. The van der Waals surface area contributed by atoms with Gasteiger partial charge in [0.2, 0.25) is 11.5 Å². The topological polar surface area (TPSA) is 117 Å². The fraction of sp³-hybridized carbons (Fsp3) is 0.143. The van der Waals surface area contributed by atoms with Crippen LogP contribution in [0.2, 0.25) is 0 Å². The first-order valence-electron chi connectivity index (χ1n) is 8.85. The summed E-state index contributed by atoms with van der Waals surface area (Å²) < 4.78 is 5.25. The van der Waals surface area contributed by atoms with Crippen LogP contribution in [0.25, 0.3) is 10.9 Å². The second kappa shape index (κ2) is 8.39. The van der Waals surface area contributed by atoms with E-state index in [0.29, 0.717) is 22.3 Å². The monoisotopic (exact) mass is 393 g/mol. The number of carbonyl (C=O) groups excluding carboxylic acids is 3. The number of pyridine rings is 1. The number of amides is 2. The lowest BCUT2D eigenvalue weighted by molar-refractivity contribution is -0.123. The van der Waals surface area contributed by atoms with Gasteiger partial charge in [-0.15, -0.1) is 0 Å². The average molecular weight is 393 g/mol. The molecule has 8 nitrogen and oxygen atoms in total. The highest BCUT2D eigenvalue weighted by atomic mass is 16.5. The number of aromatic amines is 1. The number of H-pyrrole nitrogens is 1. The fourth-order valence-corrected chi connectivity index (χ4v) is 2.77. The Labute approximate surface area is 165 Å². The standard InChI is InChI=1S/C21H19N3O5/c1-12(20(27)23-15-7-5-6-14(10-15)22-13(2)25)29-21(28)17-11-19(26)24-18-9-4-3-8-16(17)18/h3-12H,1-2H3,(H,22,25)(H,23,27)(H,24,26)/t12-/m1/s1. The number of benzene rings is 2. The molecule has 0 aliphatic heterocycles. The molecule has 0 saturated carbocycles. The normalized spacial score (nSPS) is 11.5. The third-order valence-corrected chi connectivity index (χ3v) is 4.07. The van der Waals surface area contributed by atoms with Crippen molar-refractivity contribution >= 4 is 40.1 Å². The molecule has 3 N–H and O–H groups in total. The van der Waals surface area contributed by atoms with Crippen LogP contribution in [-0.2, 0) is 14.3 Å². The Bertz CT molecular complexity index is 1150. The largest absolute Gasteiger partial charge is 0.449 e. The van der Waals surface area contributed by atoms with Crippen LogP contribution < -0.4 is 16.2 Å². The third kappa shape index (κ3) is 4.86. The van der Waals surface area contributed by atoms with Crippen LogP contribution in [-0.4, -0.2) is 28.9 Å². The zero-order valence-electron chi connectivity index (χ0n) is 15.8. The molecule has 1 atom stereocenters. The van der Waals surface area contributed by atoms with Gasteiger partial charge in [0.15, 0.2) is 6.10 Å². The van der Waals surface area contributed by atoms with E-state index in [-0.39, 0.29) is 11.5 Å². The number of carbonyl (C=O) groups is 3. The number of esters is 1. The van der Waals surface area contributed by atoms with Crippen molar-refractivity contribution in [1.29, 1.82) is 0 Å². The van der Waals surface area contributed by atoms with Crippen LogP contribution in [0.4, 0.5) is 11.4 Å². The third-order valence-electron chi connectivity index (χ3n) is 4.07. The minimum atomic E-state index is -1.11. The summed E-state index contributed by atoms with van der Waals surface area (Å²) >= 11 is 0. The van der Waals surface area contributed by atoms with Gasteiger partial charge in [-0.25, -0.2) is 4.79 Å². The van der Waals surface area contributed by atoms with Crippen LogP contribution in [0.5, 0.6) is 0 Å². The molecule has 0 aliphatic rings. The summed E-state index contributed by atoms with van der Waals surface area (Å²) in [4.78, 5) is 50.5. The second-order valence-corrected chi connectivity index (χ2v) is 6.39. The Balaban J connectivity index is 1.73. The van der Waals surface area contributed by atoms with Crippen molar-refractivity contribution in [3.05, 3.63) is 70.5 Å². The van der Waals surface area contributed by atoms with Crippen LogP contribution >= 0.6 is 0 Å². The molecule has 2 amide bonds. The molecule has 3 rings (SSSR count). The fourth-order valence-electron chi connectivity index (χ4n) is 2.77. The van der Waals surface area contributed by atoms with Gasteiger partial charge in [-0.05, 0) is 31.2 Å². The Morgan fingerprint density at radius 2 is 1.66 bits per heavy atom. The molecule has 1 aromatic heterocycles. The van der Waals surface area contributed by atoms with Crippen molar-refractivity contribution in [2.75, 3.05) is 10.6 Å². The zero-order chi connectivity index (χ0) is 21.0. The van der Waals surface area contributed by atoms with E-state index in [9.17, 15) is 19.2 Å². The quantitative estimate of drug-likeness (QED) is 0.576. The Morgan fingerprint density at radius 3 is 2.38 bits per heavy atom. The summed E-state index contributed by atoms with van der Waals surface area (Å²) in [6.45, 7) is 2.81. The Hall–Kier alpha value is -3.94. The number of rotatable bonds is 5. The highest BCUT2D eigenvalue weighted by Crippen LogP contribution is 2.18. The van der Waals surface area contributed by atoms with Gasteiger partial charge in [-0.3, -0.25) is 14.4 Å². The van der Waals surface area contributed by atoms with E-state index in [0.717, 1.165) is 6.07 Å². The number of nitrogens with one attached hydrogen (secondary N) is 3. The molecular weight excluding hydrogens is 374 g/mol. The van der Waals surface area contributed by atoms with Crippen molar-refractivity contribution in [2.45, 2.75) is 20.0 Å². The summed E-state index contributed by atoms with van der Waals surface area (Å²) in [6, 6.07) is 14.5. The maximum atomic E-state index is 12.6. The van der Waals surface area contributed by atoms with E-state index in [4.69, 9.17) is 4.74 Å². The lowest BCUT2D eigenvalue weighted by Crippen LogP contribution is -2.30. The van der Waals surface area contributed by atoms with E-state index in [1.807, 2.05) is 0 Å². The number of hydrogen-bond acceptors (Lipinski definition) is 5. The minimum absolute atomic E-state index is 0.0802. The molecule has 0 spiro atoms. The van der Waals surface area contributed by atoms with Gasteiger partial charge in [0.25, 0.3) is 5.91 Å². The van der Waals surface area contributed by atoms with Crippen LogP contribution in [0.15, 0.2) is 59.4 Å². The summed E-state index contributed by atoms with van der Waals surface area (Å²) in [6.07, 6.45) is -1.11. The van der Waals surface area contributed by atoms with Gasteiger partial charge in [0, 0.05) is 35.3 Å². The summed E-state index contributed by atoms with van der Waals surface area (Å²) in [7, 11) is 0. The number of aromatic nitrogens is 1. The predicted molar refractivity (Wildman–Crippen MR) is 109 cm³/mol. The van der Waals surface area contributed by atoms with Crippen molar-refractivity contribution in [3.63, 3.8) is 0 Å². The summed E-state index contributed by atoms with van der Waals surface area (Å²) in [5, 5.41) is 5.76. The first kappa shape index (κ1) is 19.8. The average Bonchev–Trinajstić information content (AvgIpc) is 2.66. The maximum absolute atomic E-state index is 12.6. The summed E-state index contributed by atoms with van der Waals surface area (Å²) in [5.41, 5.74) is 1.10. The molecule has 0 unspecified atom stereocenters. The van der Waals surface area contributed by atoms with Crippen LogP contribution in [0.3, 0.4) is 0 Å². The van der Waals surface area contributed by atoms with E-state index in [1.165, 1.54) is 13.8 Å². The molecule has 1 heterocycles. The molecular formula is C21H19N3O5. The molecule has 0 aliphatic carbocycles. The Morgan fingerprint density at radius 1 is 0.966 bits per heavy atom. The van der Waals surface area contributed by atoms with Gasteiger partial charge >= 0.3 is 5.97 Å². The van der Waals surface area contributed by atoms with E-state index >= 15 is 0 Å². The zero-order valence-corrected chi connectivity index (χ0v) is 15.8. The molecule has 3 aromatic rings. The minimum Gasteiger partial charge on any atom is -0.449 e. The first-order valence-corrected chi connectivity index (χ1v) is 8.85. The highest BCUT2D eigenvalue weighted by Gasteiger charge is 2.21. The number of hydrogen-bond donors (Lipinski definition) is 3. The molecule has 148 valence electrons. The SMILES string of the molecule is CC(=O)Nc1cccc(NC(=O)[C@@H](C)OC(=O)c2cc(=O)[nH]c3ccccc23)c1. The number of anilines is 2. The van der Waals surface area contributed by atoms with Gasteiger partial charge in [0.05, 0.1) is 5.56 Å². The van der Waals surface area contributed by atoms with E-state index in [2.05, 4.69) is 15.6 Å².